The van der Waals surface area contributed by atoms with Gasteiger partial charge in [-0.15, -0.1) is 0 Å². The van der Waals surface area contributed by atoms with Gasteiger partial charge in [0.15, 0.2) is 5.82 Å². The zero-order valence-corrected chi connectivity index (χ0v) is 18.0. The summed E-state index contributed by atoms with van der Waals surface area (Å²) < 4.78 is 13.5. The van der Waals surface area contributed by atoms with Gasteiger partial charge in [-0.05, 0) is 79.1 Å². The zero-order valence-electron chi connectivity index (χ0n) is 18.0. The molecule has 2 aromatic heterocycles. The highest BCUT2D eigenvalue weighted by Gasteiger charge is 2.16. The van der Waals surface area contributed by atoms with E-state index in [9.17, 15) is 9.18 Å². The van der Waals surface area contributed by atoms with Gasteiger partial charge in [0.2, 0.25) is 6.41 Å². The van der Waals surface area contributed by atoms with Crippen LogP contribution in [-0.4, -0.2) is 22.9 Å². The lowest BCUT2D eigenvalue weighted by molar-refractivity contribution is -0.107. The van der Waals surface area contributed by atoms with Crippen LogP contribution in [0.1, 0.15) is 42.5 Å². The number of aromatic nitrogens is 2. The van der Waals surface area contributed by atoms with Crippen LogP contribution in [0.25, 0.3) is 5.57 Å². The number of carbonyl (C=O) groups is 1. The van der Waals surface area contributed by atoms with Crippen LogP contribution in [0.3, 0.4) is 0 Å². The minimum atomic E-state index is -0.240. The number of nitrogens with zero attached hydrogens (tertiary/aromatic N) is 3. The van der Waals surface area contributed by atoms with E-state index in [0.29, 0.717) is 31.0 Å². The largest absolute Gasteiger partial charge is 0.368 e. The Bertz CT molecular complexity index is 1080. The Morgan fingerprint density at radius 1 is 1.09 bits per heavy atom. The average molecular weight is 431 g/mol. The van der Waals surface area contributed by atoms with Crippen molar-refractivity contribution >= 4 is 23.5 Å². The lowest BCUT2D eigenvalue weighted by atomic mass is 9.97. The number of hydrogen-bond donors (Lipinski definition) is 1. The fourth-order valence-corrected chi connectivity index (χ4v) is 3.95. The SMILES string of the molecule is O=CN(Cc1cccnc1)c1ccc(C2=CCCCC2)nc1NCCc1cccc(F)c1. The van der Waals surface area contributed by atoms with Gasteiger partial charge < -0.3 is 10.2 Å². The number of halogens is 1. The number of amides is 1. The molecule has 0 bridgehead atoms. The molecule has 1 N–H and O–H groups in total. The molecule has 2 heterocycles. The standard InChI is InChI=1S/C26H27FN4O/c27-23-10-4-6-20(16-23)13-15-29-26-25(31(19-32)18-21-7-5-14-28-17-21)12-11-24(30-26)22-8-2-1-3-9-22/h4-8,10-12,14,16-17,19H,1-3,9,13,15,18H2,(H,29,30). The van der Waals surface area contributed by atoms with Crippen LogP contribution in [0.2, 0.25) is 0 Å². The molecule has 1 aliphatic rings. The summed E-state index contributed by atoms with van der Waals surface area (Å²) in [5, 5.41) is 3.38. The van der Waals surface area contributed by atoms with Gasteiger partial charge >= 0.3 is 0 Å². The summed E-state index contributed by atoms with van der Waals surface area (Å²) in [6.45, 7) is 0.977. The predicted octanol–water partition coefficient (Wildman–Crippen LogP) is 5.39. The third-order valence-corrected chi connectivity index (χ3v) is 5.60. The summed E-state index contributed by atoms with van der Waals surface area (Å²) in [5.74, 6) is 0.414. The highest BCUT2D eigenvalue weighted by Crippen LogP contribution is 2.31. The maximum absolute atomic E-state index is 13.5. The first-order chi connectivity index (χ1) is 15.7. The summed E-state index contributed by atoms with van der Waals surface area (Å²) in [5.41, 5.74) is 4.75. The number of allylic oxidation sites excluding steroid dienone is 2. The quantitative estimate of drug-likeness (QED) is 0.463. The van der Waals surface area contributed by atoms with E-state index < -0.39 is 0 Å². The number of rotatable bonds is 9. The van der Waals surface area contributed by atoms with Crippen molar-refractivity contribution in [3.05, 3.63) is 89.6 Å². The molecular weight excluding hydrogens is 403 g/mol. The smallest absolute Gasteiger partial charge is 0.214 e. The minimum Gasteiger partial charge on any atom is -0.368 e. The summed E-state index contributed by atoms with van der Waals surface area (Å²) in [6.07, 6.45) is 11.7. The second-order valence-electron chi connectivity index (χ2n) is 7.94. The molecule has 0 radical (unpaired) electrons. The van der Waals surface area contributed by atoms with Crippen LogP contribution in [0.5, 0.6) is 0 Å². The van der Waals surface area contributed by atoms with Crippen molar-refractivity contribution in [3.63, 3.8) is 0 Å². The van der Waals surface area contributed by atoms with Crippen molar-refractivity contribution in [2.45, 2.75) is 38.6 Å². The normalized spacial score (nSPS) is 13.3. The number of pyridine rings is 2. The lowest BCUT2D eigenvalue weighted by Gasteiger charge is -2.22. The number of nitrogens with one attached hydrogen (secondary N) is 1. The Kier molecular flexibility index (Phi) is 7.23. The number of anilines is 2. The van der Waals surface area contributed by atoms with Gasteiger partial charge in [0.25, 0.3) is 0 Å². The van der Waals surface area contributed by atoms with Gasteiger partial charge in [-0.2, -0.15) is 0 Å². The highest BCUT2D eigenvalue weighted by atomic mass is 19.1. The highest BCUT2D eigenvalue weighted by molar-refractivity contribution is 5.83. The average Bonchev–Trinajstić information content (AvgIpc) is 2.84. The molecule has 5 nitrogen and oxygen atoms in total. The van der Waals surface area contributed by atoms with Gasteiger partial charge in [0, 0.05) is 18.9 Å². The van der Waals surface area contributed by atoms with Crippen LogP contribution < -0.4 is 10.2 Å². The van der Waals surface area contributed by atoms with E-state index in [-0.39, 0.29) is 5.82 Å². The van der Waals surface area contributed by atoms with Crippen LogP contribution in [-0.2, 0) is 17.8 Å². The third kappa shape index (κ3) is 5.58. The molecule has 4 rings (SSSR count). The second kappa shape index (κ2) is 10.7. The predicted molar refractivity (Wildman–Crippen MR) is 126 cm³/mol. The minimum absolute atomic E-state index is 0.240. The van der Waals surface area contributed by atoms with Crippen LogP contribution >= 0.6 is 0 Å². The monoisotopic (exact) mass is 430 g/mol. The van der Waals surface area contributed by atoms with E-state index in [2.05, 4.69) is 16.4 Å². The summed E-state index contributed by atoms with van der Waals surface area (Å²) in [4.78, 5) is 22.6. The van der Waals surface area contributed by atoms with Gasteiger partial charge in [0.05, 0.1) is 17.9 Å². The molecule has 32 heavy (non-hydrogen) atoms. The molecule has 0 spiro atoms. The maximum atomic E-state index is 13.5. The van der Waals surface area contributed by atoms with Gasteiger partial charge in [-0.3, -0.25) is 9.78 Å². The first-order valence-corrected chi connectivity index (χ1v) is 11.0. The molecule has 0 atom stereocenters. The van der Waals surface area contributed by atoms with Crippen LogP contribution in [0.15, 0.2) is 67.0 Å². The molecule has 0 saturated heterocycles. The molecule has 3 aromatic rings. The second-order valence-corrected chi connectivity index (χ2v) is 7.94. The summed E-state index contributed by atoms with van der Waals surface area (Å²) in [7, 11) is 0. The van der Waals surface area contributed by atoms with Crippen molar-refractivity contribution < 1.29 is 9.18 Å². The van der Waals surface area contributed by atoms with Gasteiger partial charge in [-0.25, -0.2) is 9.37 Å². The fraction of sp³-hybridized carbons (Fsp3) is 0.269. The molecule has 6 heteroatoms. The molecule has 164 valence electrons. The van der Waals surface area contributed by atoms with E-state index in [0.717, 1.165) is 36.1 Å². The topological polar surface area (TPSA) is 58.1 Å². The van der Waals surface area contributed by atoms with Crippen molar-refractivity contribution in [2.24, 2.45) is 0 Å². The summed E-state index contributed by atoms with van der Waals surface area (Å²) in [6, 6.07) is 14.3. The van der Waals surface area contributed by atoms with Gasteiger partial charge in [-0.1, -0.05) is 24.3 Å². The Hall–Kier alpha value is -3.54. The number of benzene rings is 1. The van der Waals surface area contributed by atoms with E-state index in [4.69, 9.17) is 4.98 Å². The number of carbonyl (C=O) groups excluding carboxylic acids is 1. The van der Waals surface area contributed by atoms with E-state index in [1.807, 2.05) is 30.3 Å². The third-order valence-electron chi connectivity index (χ3n) is 5.60. The first kappa shape index (κ1) is 21.7. The van der Waals surface area contributed by atoms with Crippen LogP contribution in [0, 0.1) is 5.82 Å². The van der Waals surface area contributed by atoms with E-state index in [1.165, 1.54) is 24.5 Å². The molecule has 0 unspecified atom stereocenters. The Morgan fingerprint density at radius 3 is 2.75 bits per heavy atom. The van der Waals surface area contributed by atoms with E-state index >= 15 is 0 Å². The molecule has 0 fully saturated rings. The number of hydrogen-bond acceptors (Lipinski definition) is 4. The molecule has 0 saturated carbocycles. The van der Waals surface area contributed by atoms with Crippen molar-refractivity contribution in [2.75, 3.05) is 16.8 Å². The lowest BCUT2D eigenvalue weighted by Crippen LogP contribution is -2.23. The maximum Gasteiger partial charge on any atom is 0.214 e. The molecular formula is C26H27FN4O. The van der Waals surface area contributed by atoms with Crippen LogP contribution in [0.4, 0.5) is 15.9 Å². The Morgan fingerprint density at radius 2 is 2.00 bits per heavy atom. The van der Waals surface area contributed by atoms with E-state index in [1.54, 1.807) is 29.4 Å². The Labute approximate surface area is 188 Å². The Balaban J connectivity index is 1.58. The molecule has 1 amide bonds. The van der Waals surface area contributed by atoms with Crippen molar-refractivity contribution in [1.82, 2.24) is 9.97 Å². The summed E-state index contributed by atoms with van der Waals surface area (Å²) >= 11 is 0. The first-order valence-electron chi connectivity index (χ1n) is 11.0. The molecule has 0 aliphatic heterocycles. The van der Waals surface area contributed by atoms with Crippen molar-refractivity contribution in [1.29, 1.82) is 0 Å². The fourth-order valence-electron chi connectivity index (χ4n) is 3.95. The van der Waals surface area contributed by atoms with Crippen molar-refractivity contribution in [3.8, 4) is 0 Å². The molecule has 1 aliphatic carbocycles. The zero-order chi connectivity index (χ0) is 22.2. The van der Waals surface area contributed by atoms with Gasteiger partial charge in [0.1, 0.15) is 5.82 Å². The molecule has 1 aromatic carbocycles.